The molecule has 2 aromatic carbocycles. The average molecular weight is 449 g/mol. The largest absolute Gasteiger partial charge is 0.506 e. The monoisotopic (exact) mass is 448 g/mol. The van der Waals surface area contributed by atoms with Crippen LogP contribution >= 0.6 is 0 Å². The van der Waals surface area contributed by atoms with Gasteiger partial charge >= 0.3 is 5.97 Å². The Morgan fingerprint density at radius 2 is 1.94 bits per heavy atom. The Bertz CT molecular complexity index is 1040. The van der Waals surface area contributed by atoms with Crippen LogP contribution in [0.1, 0.15) is 30.4 Å². The molecule has 0 bridgehead atoms. The number of hydrogen-bond acceptors (Lipinski definition) is 6. The molecule has 2 aromatic rings. The minimum atomic E-state index is -3.98. The topological polar surface area (TPSA) is 130 Å². The molecule has 0 spiro atoms. The molecule has 0 aliphatic carbocycles. The van der Waals surface area contributed by atoms with Crippen LogP contribution in [0.4, 0.5) is 0 Å². The van der Waals surface area contributed by atoms with Crippen LogP contribution in [-0.4, -0.2) is 54.1 Å². The van der Waals surface area contributed by atoms with Gasteiger partial charge < -0.3 is 20.7 Å². The molecule has 2 aliphatic rings. The first-order valence-corrected chi connectivity index (χ1v) is 11.7. The molecule has 2 aliphatic heterocycles. The molecule has 168 valence electrons. The van der Waals surface area contributed by atoms with Crippen molar-refractivity contribution in [1.82, 2.24) is 4.31 Å². The molecular formula is C22H28N2O6S. The van der Waals surface area contributed by atoms with Crippen LogP contribution in [0.25, 0.3) is 0 Å². The lowest BCUT2D eigenvalue weighted by Crippen LogP contribution is -2.40. The number of nitrogens with two attached hydrogens (primary N) is 1. The van der Waals surface area contributed by atoms with Gasteiger partial charge in [-0.1, -0.05) is 30.3 Å². The van der Waals surface area contributed by atoms with Crippen molar-refractivity contribution >= 4 is 16.0 Å². The Morgan fingerprint density at radius 3 is 2.65 bits per heavy atom. The van der Waals surface area contributed by atoms with E-state index in [0.29, 0.717) is 24.9 Å². The van der Waals surface area contributed by atoms with E-state index >= 15 is 0 Å². The first-order valence-electron chi connectivity index (χ1n) is 10.2. The number of carboxylic acid groups (broad SMARTS) is 1. The van der Waals surface area contributed by atoms with Crippen molar-refractivity contribution < 1.29 is 28.2 Å². The maximum Gasteiger partial charge on any atom is 0.322 e. The minimum Gasteiger partial charge on any atom is -0.506 e. The number of para-hydroxylation sites is 2. The maximum absolute atomic E-state index is 12.4. The molecule has 4 rings (SSSR count). The molecule has 0 radical (unpaired) electrons. The van der Waals surface area contributed by atoms with Gasteiger partial charge in [0.25, 0.3) is 0 Å². The molecular weight excluding hydrogens is 420 g/mol. The van der Waals surface area contributed by atoms with E-state index in [2.05, 4.69) is 6.07 Å². The fourth-order valence-corrected chi connectivity index (χ4v) is 5.60. The predicted molar refractivity (Wildman–Crippen MR) is 116 cm³/mol. The molecule has 4 N–H and O–H groups in total. The average Bonchev–Trinajstić information content (AvgIpc) is 3.27. The zero-order valence-corrected chi connectivity index (χ0v) is 18.2. The van der Waals surface area contributed by atoms with Gasteiger partial charge in [-0.15, -0.1) is 0 Å². The predicted octanol–water partition coefficient (Wildman–Crippen LogP) is 2.28. The normalized spacial score (nSPS) is 20.8. The molecule has 1 saturated heterocycles. The number of phenolic OH excluding ortho intramolecular Hbond substituents is 1. The van der Waals surface area contributed by atoms with Crippen LogP contribution in [0.15, 0.2) is 47.4 Å². The van der Waals surface area contributed by atoms with E-state index in [1.165, 1.54) is 17.7 Å². The van der Waals surface area contributed by atoms with E-state index in [9.17, 15) is 18.3 Å². The summed E-state index contributed by atoms with van der Waals surface area (Å²) >= 11 is 0. The molecule has 0 amide bonds. The highest BCUT2D eigenvalue weighted by Crippen LogP contribution is 2.32. The van der Waals surface area contributed by atoms with Crippen molar-refractivity contribution in [1.29, 1.82) is 0 Å². The van der Waals surface area contributed by atoms with Crippen molar-refractivity contribution in [3.05, 3.63) is 53.6 Å². The molecule has 8 nitrogen and oxygen atoms in total. The van der Waals surface area contributed by atoms with E-state index in [-0.39, 0.29) is 23.3 Å². The number of nitrogens with zero attached hydrogens (tertiary/aromatic N) is 1. The number of rotatable bonds is 4. The second-order valence-corrected chi connectivity index (χ2v) is 9.51. The molecule has 2 atom stereocenters. The summed E-state index contributed by atoms with van der Waals surface area (Å²) in [5, 5.41) is 18.9. The number of hydrogen-bond donors (Lipinski definition) is 3. The van der Waals surface area contributed by atoms with Crippen LogP contribution in [0, 0.1) is 6.92 Å². The van der Waals surface area contributed by atoms with Crippen molar-refractivity contribution in [3.63, 3.8) is 0 Å². The van der Waals surface area contributed by atoms with Gasteiger partial charge in [0.1, 0.15) is 28.5 Å². The Morgan fingerprint density at radius 1 is 1.19 bits per heavy atom. The van der Waals surface area contributed by atoms with Gasteiger partial charge in [-0.3, -0.25) is 4.79 Å². The van der Waals surface area contributed by atoms with Crippen LogP contribution in [0.5, 0.6) is 11.5 Å². The number of carbonyl (C=O) groups is 1. The third-order valence-corrected chi connectivity index (χ3v) is 7.48. The van der Waals surface area contributed by atoms with E-state index in [0.717, 1.165) is 22.9 Å². The van der Waals surface area contributed by atoms with Crippen molar-refractivity contribution in [3.8, 4) is 11.5 Å². The van der Waals surface area contributed by atoms with Gasteiger partial charge in [-0.25, -0.2) is 8.42 Å². The molecule has 2 heterocycles. The quantitative estimate of drug-likeness (QED) is 0.654. The smallest absolute Gasteiger partial charge is 0.322 e. The van der Waals surface area contributed by atoms with E-state index < -0.39 is 22.0 Å². The molecule has 0 saturated carbocycles. The second-order valence-electron chi connectivity index (χ2n) is 7.66. The Hall–Kier alpha value is -2.62. The molecule has 0 aromatic heterocycles. The summed E-state index contributed by atoms with van der Waals surface area (Å²) < 4.78 is 31.5. The third-order valence-electron chi connectivity index (χ3n) is 5.54. The van der Waals surface area contributed by atoms with Gasteiger partial charge in [-0.2, -0.15) is 4.31 Å². The summed E-state index contributed by atoms with van der Waals surface area (Å²) in [5.41, 5.74) is 7.28. The summed E-state index contributed by atoms with van der Waals surface area (Å²) in [4.78, 5) is 10.8. The standard InChI is InChI=1S/C12H15NO5S.C10H13NO/c1-8-4-2-6-10(11(8)14)19(17,18)13-7-3-5-9(13)12(15)16;11-7-9-6-5-8-3-1-2-4-10(8)12-9/h2,4,6,9,14H,3,5,7H2,1H3,(H,15,16);1-4,9H,5-7,11H2/t2*9-/m10/s1. The highest BCUT2D eigenvalue weighted by Gasteiger charge is 2.40. The minimum absolute atomic E-state index is 0.159. The summed E-state index contributed by atoms with van der Waals surface area (Å²) in [6.45, 7) is 2.37. The van der Waals surface area contributed by atoms with Gasteiger partial charge in [0, 0.05) is 13.1 Å². The number of sulfonamides is 1. The first kappa shape index (κ1) is 23.1. The molecule has 0 unspecified atom stereocenters. The van der Waals surface area contributed by atoms with Gasteiger partial charge in [0.05, 0.1) is 0 Å². The second kappa shape index (κ2) is 9.67. The van der Waals surface area contributed by atoms with E-state index in [4.69, 9.17) is 15.6 Å². The SMILES string of the molecule is Cc1cccc(S(=O)(=O)N2CCC[C@@H]2C(=O)O)c1O.NC[C@@H]1CCc2ccccc2O1. The number of aryl methyl sites for hydroxylation is 2. The number of ether oxygens (including phenoxy) is 1. The van der Waals surface area contributed by atoms with E-state index in [1.807, 2.05) is 18.2 Å². The van der Waals surface area contributed by atoms with Crippen molar-refractivity contribution in [2.75, 3.05) is 13.1 Å². The summed E-state index contributed by atoms with van der Waals surface area (Å²) in [6, 6.07) is 11.5. The number of aromatic hydroxyl groups is 1. The number of phenols is 1. The first-order chi connectivity index (χ1) is 14.8. The van der Waals surface area contributed by atoms with Crippen LogP contribution in [0.3, 0.4) is 0 Å². The zero-order chi connectivity index (χ0) is 22.6. The lowest BCUT2D eigenvalue weighted by Gasteiger charge is -2.24. The van der Waals surface area contributed by atoms with Crippen LogP contribution in [0.2, 0.25) is 0 Å². The van der Waals surface area contributed by atoms with Crippen LogP contribution < -0.4 is 10.5 Å². The number of carboxylic acids is 1. The summed E-state index contributed by atoms with van der Waals surface area (Å²) in [7, 11) is -3.98. The lowest BCUT2D eigenvalue weighted by molar-refractivity contribution is -0.140. The molecule has 9 heteroatoms. The Kier molecular flexibility index (Phi) is 7.19. The maximum atomic E-state index is 12.4. The molecule has 1 fully saturated rings. The number of fused-ring (bicyclic) bond motifs is 1. The summed E-state index contributed by atoms with van der Waals surface area (Å²) in [6.07, 6.45) is 3.16. The highest BCUT2D eigenvalue weighted by atomic mass is 32.2. The van der Waals surface area contributed by atoms with E-state index in [1.54, 1.807) is 13.0 Å². The zero-order valence-electron chi connectivity index (χ0n) is 17.4. The fourth-order valence-electron chi connectivity index (χ4n) is 3.79. The number of aliphatic carboxylic acids is 1. The van der Waals surface area contributed by atoms with Crippen molar-refractivity contribution in [2.45, 2.75) is 49.6 Å². The Balaban J connectivity index is 0.000000194. The summed E-state index contributed by atoms with van der Waals surface area (Å²) in [5.74, 6) is -0.467. The number of benzene rings is 2. The van der Waals surface area contributed by atoms with Gasteiger partial charge in [0.15, 0.2) is 0 Å². The van der Waals surface area contributed by atoms with Gasteiger partial charge in [0.2, 0.25) is 10.0 Å². The van der Waals surface area contributed by atoms with Crippen LogP contribution in [-0.2, 0) is 21.2 Å². The lowest BCUT2D eigenvalue weighted by atomic mass is 10.0. The highest BCUT2D eigenvalue weighted by molar-refractivity contribution is 7.89. The van der Waals surface area contributed by atoms with Crippen molar-refractivity contribution in [2.24, 2.45) is 5.73 Å². The Labute approximate surface area is 182 Å². The van der Waals surface area contributed by atoms with Gasteiger partial charge in [-0.05, 0) is 55.9 Å². The molecule has 31 heavy (non-hydrogen) atoms. The third kappa shape index (κ3) is 5.00. The fraction of sp³-hybridized carbons (Fsp3) is 0.409.